The first-order chi connectivity index (χ1) is 10.9. The van der Waals surface area contributed by atoms with E-state index in [-0.39, 0.29) is 5.91 Å². The Morgan fingerprint density at radius 3 is 2.70 bits per heavy atom. The molecule has 1 N–H and O–H groups in total. The Bertz CT molecular complexity index is 671. The van der Waals surface area contributed by atoms with Gasteiger partial charge in [0.15, 0.2) is 0 Å². The Balaban J connectivity index is 2.05. The highest BCUT2D eigenvalue weighted by Gasteiger charge is 2.13. The molecule has 4 heteroatoms. The molecule has 1 aromatic carbocycles. The minimum absolute atomic E-state index is 0.0538. The van der Waals surface area contributed by atoms with Crippen molar-refractivity contribution in [2.45, 2.75) is 39.5 Å². The number of aryl methyl sites for hydroxylation is 1. The largest absolute Gasteiger partial charge is 0.464 e. The van der Waals surface area contributed by atoms with Crippen LogP contribution in [0.3, 0.4) is 0 Å². The Labute approximate surface area is 138 Å². The van der Waals surface area contributed by atoms with E-state index < -0.39 is 0 Å². The van der Waals surface area contributed by atoms with Gasteiger partial charge in [-0.15, -0.1) is 0 Å². The lowest BCUT2D eigenvalue weighted by atomic mass is 9.95. The fourth-order valence-corrected chi connectivity index (χ4v) is 2.86. The summed E-state index contributed by atoms with van der Waals surface area (Å²) in [7, 11) is 4.07. The molecule has 1 heterocycles. The molecule has 23 heavy (non-hydrogen) atoms. The number of nitrogens with one attached hydrogen (secondary N) is 1. The van der Waals surface area contributed by atoms with Crippen molar-refractivity contribution >= 4 is 16.9 Å². The Kier molecular flexibility index (Phi) is 5.83. The number of rotatable bonds is 7. The number of benzene rings is 1. The van der Waals surface area contributed by atoms with Gasteiger partial charge >= 0.3 is 0 Å². The van der Waals surface area contributed by atoms with Crippen LogP contribution in [0.1, 0.15) is 42.9 Å². The summed E-state index contributed by atoms with van der Waals surface area (Å²) < 4.78 is 5.64. The van der Waals surface area contributed by atoms with Crippen molar-refractivity contribution in [3.8, 4) is 0 Å². The molecule has 4 nitrogen and oxygen atoms in total. The molecule has 0 aliphatic heterocycles. The van der Waals surface area contributed by atoms with Gasteiger partial charge in [0.25, 0.3) is 0 Å². The highest BCUT2D eigenvalue weighted by atomic mass is 16.3. The molecular weight excluding hydrogens is 288 g/mol. The Morgan fingerprint density at radius 2 is 2.04 bits per heavy atom. The maximum Gasteiger partial charge on any atom is 0.224 e. The fourth-order valence-electron chi connectivity index (χ4n) is 2.86. The second kappa shape index (κ2) is 7.64. The van der Waals surface area contributed by atoms with Crippen molar-refractivity contribution in [2.75, 3.05) is 27.2 Å². The molecule has 0 aliphatic rings. The zero-order valence-electron chi connectivity index (χ0n) is 14.9. The van der Waals surface area contributed by atoms with Gasteiger partial charge in [-0.05, 0) is 63.2 Å². The summed E-state index contributed by atoms with van der Waals surface area (Å²) in [5.41, 5.74) is 4.38. The first-order valence-corrected chi connectivity index (χ1v) is 8.30. The zero-order valence-corrected chi connectivity index (χ0v) is 14.9. The summed E-state index contributed by atoms with van der Waals surface area (Å²) in [5, 5.41) is 4.04. The SMILES string of the molecule is Cc1cc2occ(CC(=O)NCCCN(C)C)c2cc1C(C)C. The molecule has 126 valence electrons. The molecule has 2 rings (SSSR count). The summed E-state index contributed by atoms with van der Waals surface area (Å²) >= 11 is 0. The van der Waals surface area contributed by atoms with Gasteiger partial charge in [-0.25, -0.2) is 0 Å². The average molecular weight is 316 g/mol. The summed E-state index contributed by atoms with van der Waals surface area (Å²) in [5.74, 6) is 0.514. The van der Waals surface area contributed by atoms with E-state index in [1.165, 1.54) is 11.1 Å². The predicted octanol–water partition coefficient (Wildman–Crippen LogP) is 3.48. The molecule has 1 aromatic heterocycles. The molecule has 0 fully saturated rings. The van der Waals surface area contributed by atoms with Crippen molar-refractivity contribution in [3.63, 3.8) is 0 Å². The number of amides is 1. The molecule has 0 spiro atoms. The van der Waals surface area contributed by atoms with Crippen LogP contribution in [-0.4, -0.2) is 38.0 Å². The fraction of sp³-hybridized carbons (Fsp3) is 0.526. The van der Waals surface area contributed by atoms with Crippen LogP contribution in [0.15, 0.2) is 22.8 Å². The van der Waals surface area contributed by atoms with Crippen LogP contribution in [0, 0.1) is 6.92 Å². The molecule has 0 aliphatic carbocycles. The molecular formula is C19H28N2O2. The summed E-state index contributed by atoms with van der Waals surface area (Å²) in [6, 6.07) is 4.25. The van der Waals surface area contributed by atoms with Crippen LogP contribution in [-0.2, 0) is 11.2 Å². The van der Waals surface area contributed by atoms with Gasteiger partial charge in [0.1, 0.15) is 5.58 Å². The highest BCUT2D eigenvalue weighted by molar-refractivity contribution is 5.88. The highest BCUT2D eigenvalue weighted by Crippen LogP contribution is 2.29. The number of nitrogens with zero attached hydrogens (tertiary/aromatic N) is 1. The lowest BCUT2D eigenvalue weighted by Crippen LogP contribution is -2.28. The molecule has 0 atom stereocenters. The van der Waals surface area contributed by atoms with Gasteiger partial charge in [0.2, 0.25) is 5.91 Å². The van der Waals surface area contributed by atoms with E-state index in [0.29, 0.717) is 18.9 Å². The molecule has 2 aromatic rings. The maximum atomic E-state index is 12.1. The molecule has 0 saturated carbocycles. The van der Waals surface area contributed by atoms with E-state index in [4.69, 9.17) is 4.42 Å². The molecule has 0 radical (unpaired) electrons. The molecule has 0 unspecified atom stereocenters. The first-order valence-electron chi connectivity index (χ1n) is 8.30. The van der Waals surface area contributed by atoms with E-state index in [1.54, 1.807) is 6.26 Å². The number of hydrogen-bond donors (Lipinski definition) is 1. The van der Waals surface area contributed by atoms with Crippen LogP contribution in [0.25, 0.3) is 11.0 Å². The lowest BCUT2D eigenvalue weighted by Gasteiger charge is -2.10. The van der Waals surface area contributed by atoms with Crippen molar-refractivity contribution in [2.24, 2.45) is 0 Å². The smallest absolute Gasteiger partial charge is 0.224 e. The monoisotopic (exact) mass is 316 g/mol. The van der Waals surface area contributed by atoms with Crippen LogP contribution >= 0.6 is 0 Å². The van der Waals surface area contributed by atoms with E-state index in [9.17, 15) is 4.79 Å². The van der Waals surface area contributed by atoms with Gasteiger partial charge in [-0.2, -0.15) is 0 Å². The number of carbonyl (C=O) groups is 1. The van der Waals surface area contributed by atoms with Crippen molar-refractivity contribution < 1.29 is 9.21 Å². The third-order valence-electron chi connectivity index (χ3n) is 4.12. The molecule has 0 saturated heterocycles. The second-order valence-corrected chi connectivity index (χ2v) is 6.80. The van der Waals surface area contributed by atoms with E-state index in [1.807, 2.05) is 14.1 Å². The molecule has 0 bridgehead atoms. The number of hydrogen-bond acceptors (Lipinski definition) is 3. The normalized spacial score (nSPS) is 11.6. The van der Waals surface area contributed by atoms with Crippen LogP contribution < -0.4 is 5.32 Å². The van der Waals surface area contributed by atoms with E-state index in [2.05, 4.69) is 43.1 Å². The van der Waals surface area contributed by atoms with Crippen LogP contribution in [0.2, 0.25) is 0 Å². The quantitative estimate of drug-likeness (QED) is 0.796. The standard InChI is InChI=1S/C19H28N2O2/c1-13(2)16-11-17-15(12-23-18(17)9-14(16)3)10-19(22)20-7-6-8-21(4)5/h9,11-13H,6-8,10H2,1-5H3,(H,20,22). The Morgan fingerprint density at radius 1 is 1.30 bits per heavy atom. The molecule has 1 amide bonds. The summed E-state index contributed by atoms with van der Waals surface area (Å²) in [6.45, 7) is 8.17. The van der Waals surface area contributed by atoms with Gasteiger partial charge in [-0.1, -0.05) is 13.8 Å². The lowest BCUT2D eigenvalue weighted by molar-refractivity contribution is -0.120. The van der Waals surface area contributed by atoms with Gasteiger partial charge < -0.3 is 14.6 Å². The van der Waals surface area contributed by atoms with Gasteiger partial charge in [-0.3, -0.25) is 4.79 Å². The summed E-state index contributed by atoms with van der Waals surface area (Å²) in [4.78, 5) is 14.2. The van der Waals surface area contributed by atoms with E-state index in [0.717, 1.165) is 29.5 Å². The van der Waals surface area contributed by atoms with Gasteiger partial charge in [0, 0.05) is 17.5 Å². The maximum absolute atomic E-state index is 12.1. The number of furan rings is 1. The van der Waals surface area contributed by atoms with Crippen LogP contribution in [0.4, 0.5) is 0 Å². The third-order valence-corrected chi connectivity index (χ3v) is 4.12. The predicted molar refractivity (Wildman–Crippen MR) is 94.9 cm³/mol. The second-order valence-electron chi connectivity index (χ2n) is 6.80. The zero-order chi connectivity index (χ0) is 17.0. The van der Waals surface area contributed by atoms with Gasteiger partial charge in [0.05, 0.1) is 12.7 Å². The summed E-state index contributed by atoms with van der Waals surface area (Å²) in [6.07, 6.45) is 3.05. The average Bonchev–Trinajstić information content (AvgIpc) is 2.84. The van der Waals surface area contributed by atoms with E-state index >= 15 is 0 Å². The first kappa shape index (κ1) is 17.5. The Hall–Kier alpha value is -1.81. The van der Waals surface area contributed by atoms with Crippen molar-refractivity contribution in [3.05, 3.63) is 35.1 Å². The van der Waals surface area contributed by atoms with Crippen LogP contribution in [0.5, 0.6) is 0 Å². The third kappa shape index (κ3) is 4.58. The van der Waals surface area contributed by atoms with Crippen molar-refractivity contribution in [1.29, 1.82) is 0 Å². The minimum atomic E-state index is 0.0538. The minimum Gasteiger partial charge on any atom is -0.464 e. The van der Waals surface area contributed by atoms with Crippen molar-refractivity contribution in [1.82, 2.24) is 10.2 Å². The number of carbonyl (C=O) groups excluding carboxylic acids is 1. The number of fused-ring (bicyclic) bond motifs is 1. The topological polar surface area (TPSA) is 45.5 Å².